The number of hydrogen-bond acceptors (Lipinski definition) is 2. The average molecular weight is 221 g/mol. The first-order valence-electron chi connectivity index (χ1n) is 6.19. The van der Waals surface area contributed by atoms with Crippen LogP contribution in [0.5, 0.6) is 0 Å². The van der Waals surface area contributed by atoms with Crippen LogP contribution in [0.4, 0.5) is 0 Å². The minimum atomic E-state index is 0.243. The average Bonchev–Trinajstić information content (AvgIpc) is 2.27. The number of carbonyl (C=O) groups is 2. The first kappa shape index (κ1) is 11.4. The van der Waals surface area contributed by atoms with Crippen LogP contribution in [0, 0.1) is 0 Å². The Balaban J connectivity index is 2.13. The minimum absolute atomic E-state index is 0.243. The number of amides is 1. The first-order chi connectivity index (χ1) is 7.68. The Hall–Kier alpha value is -1.12. The summed E-state index contributed by atoms with van der Waals surface area (Å²) in [5.41, 5.74) is 2.60. The number of fused-ring (bicyclic) bond motifs is 1. The molecule has 0 spiro atoms. The van der Waals surface area contributed by atoms with E-state index >= 15 is 0 Å². The topological polar surface area (TPSA) is 37.4 Å². The maximum Gasteiger partial charge on any atom is 0.226 e. The van der Waals surface area contributed by atoms with Crippen molar-refractivity contribution in [1.82, 2.24) is 4.90 Å². The van der Waals surface area contributed by atoms with Crippen LogP contribution in [0.1, 0.15) is 51.9 Å². The highest BCUT2D eigenvalue weighted by atomic mass is 16.2. The van der Waals surface area contributed by atoms with Gasteiger partial charge in [-0.25, -0.2) is 0 Å². The molecule has 0 aliphatic carbocycles. The van der Waals surface area contributed by atoms with Crippen molar-refractivity contribution in [3.05, 3.63) is 11.3 Å². The summed E-state index contributed by atoms with van der Waals surface area (Å²) in [7, 11) is 0. The smallest absolute Gasteiger partial charge is 0.226 e. The summed E-state index contributed by atoms with van der Waals surface area (Å²) in [5.74, 6) is 0.522. The van der Waals surface area contributed by atoms with Crippen LogP contribution < -0.4 is 0 Å². The second kappa shape index (κ2) is 4.81. The maximum absolute atomic E-state index is 11.7. The Labute approximate surface area is 96.5 Å². The van der Waals surface area contributed by atoms with E-state index in [1.54, 1.807) is 6.92 Å². The van der Waals surface area contributed by atoms with Crippen molar-refractivity contribution in [1.29, 1.82) is 0 Å². The summed E-state index contributed by atoms with van der Waals surface area (Å²) in [5, 5.41) is 0. The van der Waals surface area contributed by atoms with Gasteiger partial charge in [-0.05, 0) is 39.0 Å². The Kier molecular flexibility index (Phi) is 3.42. The highest BCUT2D eigenvalue weighted by Gasteiger charge is 2.27. The molecule has 0 N–H and O–H groups in total. The minimum Gasteiger partial charge on any atom is -0.316 e. The van der Waals surface area contributed by atoms with E-state index in [0.29, 0.717) is 12.8 Å². The monoisotopic (exact) mass is 221 g/mol. The molecule has 1 amide bonds. The molecule has 2 aliphatic rings. The highest BCUT2D eigenvalue weighted by Crippen LogP contribution is 2.32. The molecule has 0 aromatic rings. The van der Waals surface area contributed by atoms with E-state index in [4.69, 9.17) is 0 Å². The van der Waals surface area contributed by atoms with Crippen LogP contribution in [0.15, 0.2) is 11.3 Å². The lowest BCUT2D eigenvalue weighted by atomic mass is 9.91. The van der Waals surface area contributed by atoms with E-state index in [9.17, 15) is 9.59 Å². The van der Waals surface area contributed by atoms with Gasteiger partial charge in [-0.1, -0.05) is 5.57 Å². The van der Waals surface area contributed by atoms with Crippen LogP contribution in [0.25, 0.3) is 0 Å². The number of ketones is 1. The van der Waals surface area contributed by atoms with Crippen LogP contribution in [-0.4, -0.2) is 23.1 Å². The first-order valence-corrected chi connectivity index (χ1v) is 6.19. The molecule has 0 bridgehead atoms. The number of hydrogen-bond donors (Lipinski definition) is 0. The zero-order valence-electron chi connectivity index (χ0n) is 9.92. The van der Waals surface area contributed by atoms with Gasteiger partial charge in [0.25, 0.3) is 0 Å². The van der Waals surface area contributed by atoms with Gasteiger partial charge < -0.3 is 9.69 Å². The van der Waals surface area contributed by atoms with E-state index in [2.05, 4.69) is 0 Å². The summed E-state index contributed by atoms with van der Waals surface area (Å²) in [6, 6.07) is 0. The molecular formula is C13H19NO2. The third-order valence-corrected chi connectivity index (χ3v) is 3.48. The van der Waals surface area contributed by atoms with Gasteiger partial charge in [-0.15, -0.1) is 0 Å². The number of carbonyl (C=O) groups excluding carboxylic acids is 2. The lowest BCUT2D eigenvalue weighted by Gasteiger charge is -2.35. The molecule has 1 saturated heterocycles. The van der Waals surface area contributed by atoms with Crippen LogP contribution in [0.2, 0.25) is 0 Å². The molecule has 88 valence electrons. The van der Waals surface area contributed by atoms with Gasteiger partial charge in [0.1, 0.15) is 5.78 Å². The molecule has 2 heterocycles. The van der Waals surface area contributed by atoms with Gasteiger partial charge in [0, 0.05) is 25.1 Å². The van der Waals surface area contributed by atoms with Crippen LogP contribution >= 0.6 is 0 Å². The molecule has 3 nitrogen and oxygen atoms in total. The normalized spacial score (nSPS) is 21.1. The molecule has 3 heteroatoms. The SMILES string of the molecule is CC(=O)CCC1=C2CCCC(=O)N2CCC1. The highest BCUT2D eigenvalue weighted by molar-refractivity contribution is 5.79. The van der Waals surface area contributed by atoms with Crippen molar-refractivity contribution in [2.45, 2.75) is 51.9 Å². The number of piperidine rings is 1. The Morgan fingerprint density at radius 3 is 2.81 bits per heavy atom. The third-order valence-electron chi connectivity index (χ3n) is 3.48. The van der Waals surface area contributed by atoms with Gasteiger partial charge in [0.05, 0.1) is 0 Å². The van der Waals surface area contributed by atoms with Gasteiger partial charge >= 0.3 is 0 Å². The van der Waals surface area contributed by atoms with Crippen LogP contribution in [-0.2, 0) is 9.59 Å². The summed E-state index contributed by atoms with van der Waals surface area (Å²) < 4.78 is 0. The molecule has 0 atom stereocenters. The number of nitrogens with zero attached hydrogens (tertiary/aromatic N) is 1. The maximum atomic E-state index is 11.7. The van der Waals surface area contributed by atoms with Crippen molar-refractivity contribution in [3.8, 4) is 0 Å². The fraction of sp³-hybridized carbons (Fsp3) is 0.692. The summed E-state index contributed by atoms with van der Waals surface area (Å²) in [6.45, 7) is 2.52. The molecule has 2 rings (SSSR count). The van der Waals surface area contributed by atoms with E-state index < -0.39 is 0 Å². The molecule has 1 fully saturated rings. The number of Topliss-reactive ketones (excluding diaryl/α,β-unsaturated/α-hetero) is 1. The molecule has 0 unspecified atom stereocenters. The van der Waals surface area contributed by atoms with E-state index in [1.165, 1.54) is 11.3 Å². The quantitative estimate of drug-likeness (QED) is 0.734. The summed E-state index contributed by atoms with van der Waals surface area (Å²) >= 11 is 0. The molecule has 16 heavy (non-hydrogen) atoms. The molecule has 2 aliphatic heterocycles. The largest absolute Gasteiger partial charge is 0.316 e. The zero-order chi connectivity index (χ0) is 11.5. The van der Waals surface area contributed by atoms with Crippen molar-refractivity contribution in [3.63, 3.8) is 0 Å². The predicted molar refractivity (Wildman–Crippen MR) is 61.7 cm³/mol. The number of allylic oxidation sites excluding steroid dienone is 2. The van der Waals surface area contributed by atoms with Crippen molar-refractivity contribution in [2.75, 3.05) is 6.54 Å². The molecule has 0 radical (unpaired) electrons. The summed E-state index contributed by atoms with van der Waals surface area (Å²) in [6.07, 6.45) is 6.32. The predicted octanol–water partition coefficient (Wildman–Crippen LogP) is 2.42. The Bertz CT molecular complexity index is 344. The van der Waals surface area contributed by atoms with Crippen molar-refractivity contribution < 1.29 is 9.59 Å². The second-order valence-electron chi connectivity index (χ2n) is 4.75. The molecule has 0 aromatic heterocycles. The standard InChI is InChI=1S/C13H19NO2/c1-10(15)7-8-11-4-3-9-14-12(11)5-2-6-13(14)16/h2-9H2,1H3. The van der Waals surface area contributed by atoms with Gasteiger partial charge in [0.15, 0.2) is 0 Å². The molecular weight excluding hydrogens is 202 g/mol. The lowest BCUT2D eigenvalue weighted by molar-refractivity contribution is -0.131. The van der Waals surface area contributed by atoms with Gasteiger partial charge in [0.2, 0.25) is 5.91 Å². The summed E-state index contributed by atoms with van der Waals surface area (Å²) in [4.78, 5) is 24.7. The van der Waals surface area contributed by atoms with Crippen molar-refractivity contribution >= 4 is 11.7 Å². The van der Waals surface area contributed by atoms with Gasteiger partial charge in [-0.3, -0.25) is 4.79 Å². The van der Waals surface area contributed by atoms with Gasteiger partial charge in [-0.2, -0.15) is 0 Å². The second-order valence-corrected chi connectivity index (χ2v) is 4.75. The van der Waals surface area contributed by atoms with Crippen molar-refractivity contribution in [2.24, 2.45) is 0 Å². The lowest BCUT2D eigenvalue weighted by Crippen LogP contribution is -2.37. The number of rotatable bonds is 3. The zero-order valence-corrected chi connectivity index (χ0v) is 9.92. The Morgan fingerprint density at radius 2 is 2.06 bits per heavy atom. The fourth-order valence-corrected chi connectivity index (χ4v) is 2.65. The Morgan fingerprint density at radius 1 is 1.25 bits per heavy atom. The third kappa shape index (κ3) is 2.34. The fourth-order valence-electron chi connectivity index (χ4n) is 2.65. The molecule has 0 aromatic carbocycles. The van der Waals surface area contributed by atoms with E-state index in [-0.39, 0.29) is 11.7 Å². The van der Waals surface area contributed by atoms with Crippen LogP contribution in [0.3, 0.4) is 0 Å². The molecule has 0 saturated carbocycles. The van der Waals surface area contributed by atoms with E-state index in [0.717, 1.165) is 38.6 Å². The van der Waals surface area contributed by atoms with E-state index in [1.807, 2.05) is 4.90 Å².